The molecule has 0 spiro atoms. The van der Waals surface area contributed by atoms with Crippen LogP contribution in [0.3, 0.4) is 0 Å². The van der Waals surface area contributed by atoms with Gasteiger partial charge in [-0.2, -0.15) is 0 Å². The number of carboxylic acids is 1. The van der Waals surface area contributed by atoms with Gasteiger partial charge in [0.15, 0.2) is 0 Å². The SMILES string of the molecule is O=C(O)C1CCCC1NS(=O)(=O)C1CCCCC1. The Balaban J connectivity index is 2.00. The maximum absolute atomic E-state index is 12.2. The van der Waals surface area contributed by atoms with Gasteiger partial charge in [0, 0.05) is 6.04 Å². The van der Waals surface area contributed by atoms with Crippen molar-refractivity contribution in [1.82, 2.24) is 4.72 Å². The van der Waals surface area contributed by atoms with Crippen LogP contribution in [0.5, 0.6) is 0 Å². The number of rotatable bonds is 4. The highest BCUT2D eigenvalue weighted by atomic mass is 32.2. The molecule has 0 saturated heterocycles. The van der Waals surface area contributed by atoms with Gasteiger partial charge >= 0.3 is 5.97 Å². The van der Waals surface area contributed by atoms with E-state index < -0.39 is 28.0 Å². The lowest BCUT2D eigenvalue weighted by Crippen LogP contribution is -2.44. The molecule has 2 aliphatic rings. The molecular formula is C12H21NO4S. The zero-order valence-electron chi connectivity index (χ0n) is 10.5. The molecule has 2 fully saturated rings. The van der Waals surface area contributed by atoms with Crippen molar-refractivity contribution in [2.45, 2.75) is 62.7 Å². The Kier molecular flexibility index (Phi) is 4.27. The molecule has 0 radical (unpaired) electrons. The minimum Gasteiger partial charge on any atom is -0.481 e. The van der Waals surface area contributed by atoms with Crippen molar-refractivity contribution in [1.29, 1.82) is 0 Å². The van der Waals surface area contributed by atoms with Gasteiger partial charge in [0.2, 0.25) is 10.0 Å². The van der Waals surface area contributed by atoms with Crippen molar-refractivity contribution in [2.75, 3.05) is 0 Å². The van der Waals surface area contributed by atoms with Crippen LogP contribution in [-0.2, 0) is 14.8 Å². The van der Waals surface area contributed by atoms with E-state index >= 15 is 0 Å². The second kappa shape index (κ2) is 5.57. The van der Waals surface area contributed by atoms with E-state index in [2.05, 4.69) is 4.72 Å². The van der Waals surface area contributed by atoms with Gasteiger partial charge in [-0.3, -0.25) is 4.79 Å². The summed E-state index contributed by atoms with van der Waals surface area (Å²) in [6, 6.07) is -0.408. The molecule has 0 amide bonds. The summed E-state index contributed by atoms with van der Waals surface area (Å²) in [6.45, 7) is 0. The summed E-state index contributed by atoms with van der Waals surface area (Å²) in [5.74, 6) is -1.44. The number of sulfonamides is 1. The predicted molar refractivity (Wildman–Crippen MR) is 67.7 cm³/mol. The summed E-state index contributed by atoms with van der Waals surface area (Å²) in [6.07, 6.45) is 6.44. The molecule has 2 saturated carbocycles. The summed E-state index contributed by atoms with van der Waals surface area (Å²) in [4.78, 5) is 11.0. The smallest absolute Gasteiger partial charge is 0.308 e. The predicted octanol–water partition coefficient (Wildman–Crippen LogP) is 1.49. The number of hydrogen-bond donors (Lipinski definition) is 2. The molecule has 2 N–H and O–H groups in total. The maximum Gasteiger partial charge on any atom is 0.308 e. The fourth-order valence-electron chi connectivity index (χ4n) is 3.08. The minimum absolute atomic E-state index is 0.318. The van der Waals surface area contributed by atoms with E-state index in [0.29, 0.717) is 25.7 Å². The first-order valence-electron chi connectivity index (χ1n) is 6.74. The van der Waals surface area contributed by atoms with Crippen LogP contribution in [0.15, 0.2) is 0 Å². The number of carboxylic acid groups (broad SMARTS) is 1. The molecule has 18 heavy (non-hydrogen) atoms. The normalized spacial score (nSPS) is 30.4. The van der Waals surface area contributed by atoms with E-state index in [1.54, 1.807) is 0 Å². The fraction of sp³-hybridized carbons (Fsp3) is 0.917. The first-order valence-corrected chi connectivity index (χ1v) is 8.29. The molecule has 104 valence electrons. The van der Waals surface area contributed by atoms with Crippen LogP contribution in [-0.4, -0.2) is 30.8 Å². The van der Waals surface area contributed by atoms with Crippen LogP contribution < -0.4 is 4.72 Å². The van der Waals surface area contributed by atoms with Gasteiger partial charge in [0.05, 0.1) is 11.2 Å². The third-order valence-electron chi connectivity index (χ3n) is 4.14. The van der Waals surface area contributed by atoms with Gasteiger partial charge in [-0.05, 0) is 25.7 Å². The second-order valence-electron chi connectivity index (χ2n) is 5.41. The number of hydrogen-bond acceptors (Lipinski definition) is 3. The first kappa shape index (κ1) is 13.8. The number of aliphatic carboxylic acids is 1. The second-order valence-corrected chi connectivity index (χ2v) is 7.40. The Morgan fingerprint density at radius 2 is 1.67 bits per heavy atom. The summed E-state index contributed by atoms with van der Waals surface area (Å²) in [5.41, 5.74) is 0. The van der Waals surface area contributed by atoms with Crippen molar-refractivity contribution in [3.8, 4) is 0 Å². The van der Waals surface area contributed by atoms with Crippen LogP contribution >= 0.6 is 0 Å². The summed E-state index contributed by atoms with van der Waals surface area (Å²) in [5, 5.41) is 8.74. The van der Waals surface area contributed by atoms with Gasteiger partial charge < -0.3 is 5.11 Å². The van der Waals surface area contributed by atoms with E-state index in [-0.39, 0.29) is 5.25 Å². The topological polar surface area (TPSA) is 83.5 Å². The zero-order valence-corrected chi connectivity index (χ0v) is 11.3. The lowest BCUT2D eigenvalue weighted by molar-refractivity contribution is -0.141. The summed E-state index contributed by atoms with van der Waals surface area (Å²) < 4.78 is 27.1. The summed E-state index contributed by atoms with van der Waals surface area (Å²) in [7, 11) is -3.35. The molecule has 6 heteroatoms. The van der Waals surface area contributed by atoms with Crippen molar-refractivity contribution < 1.29 is 18.3 Å². The molecule has 0 aromatic heterocycles. The molecular weight excluding hydrogens is 254 g/mol. The van der Waals surface area contributed by atoms with Gasteiger partial charge in [-0.25, -0.2) is 13.1 Å². The van der Waals surface area contributed by atoms with Gasteiger partial charge in [0.25, 0.3) is 0 Å². The third kappa shape index (κ3) is 3.03. The molecule has 0 aromatic carbocycles. The fourth-order valence-corrected chi connectivity index (χ4v) is 4.93. The average Bonchev–Trinajstić information content (AvgIpc) is 2.78. The van der Waals surface area contributed by atoms with E-state index in [9.17, 15) is 13.2 Å². The Bertz CT molecular complexity index is 400. The Morgan fingerprint density at radius 1 is 1.00 bits per heavy atom. The largest absolute Gasteiger partial charge is 0.481 e. The third-order valence-corrected chi connectivity index (χ3v) is 6.12. The Hall–Kier alpha value is -0.620. The molecule has 2 aliphatic carbocycles. The Labute approximate surface area is 108 Å². The molecule has 2 atom stereocenters. The molecule has 0 heterocycles. The number of carbonyl (C=O) groups is 1. The van der Waals surface area contributed by atoms with Gasteiger partial charge in [-0.1, -0.05) is 25.7 Å². The highest BCUT2D eigenvalue weighted by Crippen LogP contribution is 2.29. The highest BCUT2D eigenvalue weighted by Gasteiger charge is 2.37. The zero-order chi connectivity index (χ0) is 13.2. The quantitative estimate of drug-likeness (QED) is 0.814. The van der Waals surface area contributed by atoms with Crippen molar-refractivity contribution in [3.63, 3.8) is 0 Å². The molecule has 0 aliphatic heterocycles. The highest BCUT2D eigenvalue weighted by molar-refractivity contribution is 7.90. The van der Waals surface area contributed by atoms with Crippen molar-refractivity contribution >= 4 is 16.0 Å². The Morgan fingerprint density at radius 3 is 2.28 bits per heavy atom. The van der Waals surface area contributed by atoms with E-state index in [1.807, 2.05) is 0 Å². The van der Waals surface area contributed by atoms with Crippen LogP contribution in [0.2, 0.25) is 0 Å². The van der Waals surface area contributed by atoms with Crippen LogP contribution in [0, 0.1) is 5.92 Å². The van der Waals surface area contributed by atoms with E-state index in [0.717, 1.165) is 25.7 Å². The molecule has 5 nitrogen and oxygen atoms in total. The van der Waals surface area contributed by atoms with Crippen molar-refractivity contribution in [3.05, 3.63) is 0 Å². The standard InChI is InChI=1S/C12H21NO4S/c14-12(15)10-7-4-8-11(10)13-18(16,17)9-5-2-1-3-6-9/h9-11,13H,1-8H2,(H,14,15). The maximum atomic E-state index is 12.2. The summed E-state index contributed by atoms with van der Waals surface area (Å²) >= 11 is 0. The van der Waals surface area contributed by atoms with E-state index in [4.69, 9.17) is 5.11 Å². The lowest BCUT2D eigenvalue weighted by atomic mass is 10.0. The van der Waals surface area contributed by atoms with Crippen LogP contribution in [0.1, 0.15) is 51.4 Å². The van der Waals surface area contributed by atoms with Crippen molar-refractivity contribution in [2.24, 2.45) is 5.92 Å². The lowest BCUT2D eigenvalue weighted by Gasteiger charge is -2.25. The molecule has 0 aromatic rings. The van der Waals surface area contributed by atoms with Crippen LogP contribution in [0.25, 0.3) is 0 Å². The van der Waals surface area contributed by atoms with Gasteiger partial charge in [-0.15, -0.1) is 0 Å². The molecule has 0 bridgehead atoms. The average molecular weight is 275 g/mol. The molecule has 2 unspecified atom stereocenters. The van der Waals surface area contributed by atoms with E-state index in [1.165, 1.54) is 0 Å². The first-order chi connectivity index (χ1) is 8.50. The monoisotopic (exact) mass is 275 g/mol. The molecule has 2 rings (SSSR count). The number of nitrogens with one attached hydrogen (secondary N) is 1. The minimum atomic E-state index is -3.35. The van der Waals surface area contributed by atoms with Crippen LogP contribution in [0.4, 0.5) is 0 Å². The van der Waals surface area contributed by atoms with Gasteiger partial charge in [0.1, 0.15) is 0 Å².